The molecule has 0 saturated heterocycles. The van der Waals surface area contributed by atoms with Crippen LogP contribution in [0.5, 0.6) is 0 Å². The van der Waals surface area contributed by atoms with Crippen molar-refractivity contribution in [2.24, 2.45) is 10.8 Å². The van der Waals surface area contributed by atoms with Gasteiger partial charge < -0.3 is 10.4 Å². The van der Waals surface area contributed by atoms with Gasteiger partial charge in [-0.1, -0.05) is 58.1 Å². The molecule has 142 valence electrons. The number of hydrogen-bond donors (Lipinski definition) is 2. The molecule has 1 aliphatic carbocycles. The molecule has 1 amide bonds. The van der Waals surface area contributed by atoms with Crippen LogP contribution in [0.15, 0.2) is 24.3 Å². The van der Waals surface area contributed by atoms with Crippen LogP contribution in [-0.2, 0) is 11.2 Å². The van der Waals surface area contributed by atoms with Crippen molar-refractivity contribution in [3.05, 3.63) is 35.4 Å². The Labute approximate surface area is 158 Å². The quantitative estimate of drug-likeness (QED) is 0.632. The number of carbonyl (C=O) groups is 1. The topological polar surface area (TPSA) is 49.3 Å². The molecule has 3 heteroatoms. The van der Waals surface area contributed by atoms with Crippen LogP contribution in [0.4, 0.5) is 0 Å². The Morgan fingerprint density at radius 1 is 1.19 bits per heavy atom. The maximum atomic E-state index is 11.5. The number of amides is 1. The molecule has 1 aliphatic rings. The Bertz CT molecular complexity index is 690. The van der Waals surface area contributed by atoms with Crippen LogP contribution >= 0.6 is 0 Å². The molecular weight excluding hydrogens is 322 g/mol. The number of hydrogen-bond acceptors (Lipinski definition) is 2. The molecule has 1 aromatic rings. The van der Waals surface area contributed by atoms with E-state index in [2.05, 4.69) is 57.0 Å². The van der Waals surface area contributed by atoms with Crippen LogP contribution in [0, 0.1) is 22.7 Å². The molecule has 1 fully saturated rings. The highest BCUT2D eigenvalue weighted by Crippen LogP contribution is 2.53. The van der Waals surface area contributed by atoms with Gasteiger partial charge in [0.1, 0.15) is 5.60 Å². The fourth-order valence-electron chi connectivity index (χ4n) is 4.11. The number of benzene rings is 1. The third kappa shape index (κ3) is 4.48. The van der Waals surface area contributed by atoms with E-state index in [4.69, 9.17) is 0 Å². The molecule has 0 heterocycles. The van der Waals surface area contributed by atoms with Crippen LogP contribution in [0.3, 0.4) is 0 Å². The van der Waals surface area contributed by atoms with Crippen molar-refractivity contribution in [3.8, 4) is 11.8 Å². The van der Waals surface area contributed by atoms with E-state index in [-0.39, 0.29) is 16.7 Å². The summed E-state index contributed by atoms with van der Waals surface area (Å²) in [5, 5.41) is 14.3. The van der Waals surface area contributed by atoms with E-state index in [0.29, 0.717) is 6.54 Å². The molecular formula is C23H33NO2. The maximum Gasteiger partial charge on any atom is 0.216 e. The molecule has 0 radical (unpaired) electrons. The van der Waals surface area contributed by atoms with Gasteiger partial charge in [0.25, 0.3) is 0 Å². The van der Waals surface area contributed by atoms with E-state index in [1.165, 1.54) is 12.5 Å². The smallest absolute Gasteiger partial charge is 0.216 e. The summed E-state index contributed by atoms with van der Waals surface area (Å²) in [6, 6.07) is 8.19. The van der Waals surface area contributed by atoms with Gasteiger partial charge in [-0.2, -0.15) is 0 Å². The summed E-state index contributed by atoms with van der Waals surface area (Å²) >= 11 is 0. The minimum absolute atomic E-state index is 0.00979. The summed E-state index contributed by atoms with van der Waals surface area (Å²) in [4.78, 5) is 10.9. The predicted octanol–water partition coefficient (Wildman–Crippen LogP) is 4.07. The van der Waals surface area contributed by atoms with Crippen LogP contribution < -0.4 is 5.32 Å². The first-order chi connectivity index (χ1) is 12.1. The van der Waals surface area contributed by atoms with E-state index >= 15 is 0 Å². The highest BCUT2D eigenvalue weighted by atomic mass is 16.3. The third-order valence-corrected chi connectivity index (χ3v) is 5.89. The molecule has 0 spiro atoms. The van der Waals surface area contributed by atoms with Gasteiger partial charge in [0, 0.05) is 29.9 Å². The summed E-state index contributed by atoms with van der Waals surface area (Å²) in [7, 11) is 0. The minimum Gasteiger partial charge on any atom is -0.376 e. The number of nitrogens with one attached hydrogen (secondary N) is 1. The van der Waals surface area contributed by atoms with Crippen molar-refractivity contribution in [2.75, 3.05) is 6.54 Å². The summed E-state index contributed by atoms with van der Waals surface area (Å²) in [5.41, 5.74) is 0.693. The van der Waals surface area contributed by atoms with Gasteiger partial charge in [-0.3, -0.25) is 4.79 Å². The third-order valence-electron chi connectivity index (χ3n) is 5.89. The highest BCUT2D eigenvalue weighted by Gasteiger charge is 2.55. The Hall–Kier alpha value is -1.79. The molecule has 2 rings (SSSR count). The highest BCUT2D eigenvalue weighted by molar-refractivity contribution is 5.72. The van der Waals surface area contributed by atoms with Gasteiger partial charge in [0.15, 0.2) is 0 Å². The van der Waals surface area contributed by atoms with Crippen molar-refractivity contribution >= 4 is 5.91 Å². The van der Waals surface area contributed by atoms with E-state index < -0.39 is 5.60 Å². The first-order valence-corrected chi connectivity index (χ1v) is 9.66. The Morgan fingerprint density at radius 2 is 1.85 bits per heavy atom. The van der Waals surface area contributed by atoms with Crippen molar-refractivity contribution in [1.29, 1.82) is 0 Å². The van der Waals surface area contributed by atoms with Crippen LogP contribution in [-0.4, -0.2) is 23.2 Å². The summed E-state index contributed by atoms with van der Waals surface area (Å²) in [5.74, 6) is 6.51. The van der Waals surface area contributed by atoms with Crippen LogP contribution in [0.2, 0.25) is 0 Å². The molecule has 0 bridgehead atoms. The molecule has 1 aromatic carbocycles. The van der Waals surface area contributed by atoms with Crippen molar-refractivity contribution in [1.82, 2.24) is 5.32 Å². The van der Waals surface area contributed by atoms with Gasteiger partial charge >= 0.3 is 0 Å². The number of carbonyl (C=O) groups excluding carboxylic acids is 1. The minimum atomic E-state index is -1.00. The standard InChI is InChI=1S/C23H33NO2/c1-18(25)24-16-7-11-19-9-6-10-20(17-19)12-15-23(26)21(2,3)13-8-14-22(23,4)5/h6,9-10,17,26H,7-8,11,13-14,16H2,1-5H3,(H,24,25). The lowest BCUT2D eigenvalue weighted by Crippen LogP contribution is -2.57. The fraction of sp³-hybridized carbons (Fsp3) is 0.609. The summed E-state index contributed by atoms with van der Waals surface area (Å²) in [6.07, 6.45) is 4.92. The largest absolute Gasteiger partial charge is 0.376 e. The van der Waals surface area contributed by atoms with Gasteiger partial charge in [-0.25, -0.2) is 0 Å². The Morgan fingerprint density at radius 3 is 2.46 bits per heavy atom. The zero-order valence-corrected chi connectivity index (χ0v) is 16.9. The van der Waals surface area contributed by atoms with Crippen LogP contribution in [0.25, 0.3) is 0 Å². The average molecular weight is 356 g/mol. The Kier molecular flexibility index (Phi) is 6.19. The van der Waals surface area contributed by atoms with Crippen LogP contribution in [0.1, 0.15) is 71.4 Å². The van der Waals surface area contributed by atoms with Gasteiger partial charge in [-0.15, -0.1) is 0 Å². The first-order valence-electron chi connectivity index (χ1n) is 9.66. The SMILES string of the molecule is CC(=O)NCCCc1cccc(C#CC2(O)C(C)(C)CCCC2(C)C)c1. The maximum absolute atomic E-state index is 11.5. The molecule has 0 atom stereocenters. The number of rotatable bonds is 4. The molecule has 3 nitrogen and oxygen atoms in total. The molecule has 26 heavy (non-hydrogen) atoms. The Balaban J connectivity index is 2.16. The number of aryl methyl sites for hydroxylation is 1. The van der Waals surface area contributed by atoms with Crippen molar-refractivity contribution in [3.63, 3.8) is 0 Å². The molecule has 1 saturated carbocycles. The second-order valence-electron chi connectivity index (χ2n) is 8.87. The second kappa shape index (κ2) is 7.84. The summed E-state index contributed by atoms with van der Waals surface area (Å²) in [6.45, 7) is 10.7. The monoisotopic (exact) mass is 355 g/mol. The zero-order valence-electron chi connectivity index (χ0n) is 16.9. The first kappa shape index (κ1) is 20.5. The van der Waals surface area contributed by atoms with Crippen molar-refractivity contribution in [2.45, 2.75) is 72.3 Å². The zero-order chi connectivity index (χ0) is 19.4. The van der Waals surface area contributed by atoms with E-state index in [9.17, 15) is 9.90 Å². The van der Waals surface area contributed by atoms with Gasteiger partial charge in [0.05, 0.1) is 0 Å². The molecule has 0 aromatic heterocycles. The molecule has 0 unspecified atom stereocenters. The number of aliphatic hydroxyl groups is 1. The second-order valence-corrected chi connectivity index (χ2v) is 8.87. The fourth-order valence-corrected chi connectivity index (χ4v) is 4.11. The molecule has 0 aliphatic heterocycles. The van der Waals surface area contributed by atoms with E-state index in [0.717, 1.165) is 37.7 Å². The van der Waals surface area contributed by atoms with Crippen molar-refractivity contribution < 1.29 is 9.90 Å². The lowest BCUT2D eigenvalue weighted by molar-refractivity contribution is -0.133. The van der Waals surface area contributed by atoms with E-state index in [1.54, 1.807) is 0 Å². The summed E-state index contributed by atoms with van der Waals surface area (Å²) < 4.78 is 0. The predicted molar refractivity (Wildman–Crippen MR) is 107 cm³/mol. The lowest BCUT2D eigenvalue weighted by Gasteiger charge is -2.53. The van der Waals surface area contributed by atoms with Gasteiger partial charge in [0.2, 0.25) is 5.91 Å². The lowest BCUT2D eigenvalue weighted by atomic mass is 9.54. The van der Waals surface area contributed by atoms with Gasteiger partial charge in [-0.05, 0) is 43.4 Å². The normalized spacial score (nSPS) is 19.9. The molecule has 2 N–H and O–H groups in total. The average Bonchev–Trinajstić information content (AvgIpc) is 2.55. The van der Waals surface area contributed by atoms with E-state index in [1.807, 2.05) is 12.1 Å².